The van der Waals surface area contributed by atoms with E-state index in [0.717, 1.165) is 17.2 Å². The minimum Gasteiger partial charge on any atom is -0.494 e. The molecule has 1 N–H and O–H groups in total. The highest BCUT2D eigenvalue weighted by Gasteiger charge is 2.14. The second-order valence-electron chi connectivity index (χ2n) is 8.46. The summed E-state index contributed by atoms with van der Waals surface area (Å²) in [7, 11) is 0. The Labute approximate surface area is 227 Å². The summed E-state index contributed by atoms with van der Waals surface area (Å²) in [6.45, 7) is 4.66. The minimum absolute atomic E-state index is 0.184. The molecule has 0 aliphatic rings. The molecule has 0 aromatic heterocycles. The van der Waals surface area contributed by atoms with Gasteiger partial charge in [0.05, 0.1) is 25.0 Å². The lowest BCUT2D eigenvalue weighted by molar-refractivity contribution is -0.123. The summed E-state index contributed by atoms with van der Waals surface area (Å²) in [6, 6.07) is 25.2. The van der Waals surface area contributed by atoms with Crippen molar-refractivity contribution in [2.24, 2.45) is 5.10 Å². The van der Waals surface area contributed by atoms with E-state index in [0.29, 0.717) is 41.6 Å². The van der Waals surface area contributed by atoms with E-state index in [9.17, 15) is 9.59 Å². The molecule has 0 saturated carbocycles. The molecule has 0 heterocycles. The summed E-state index contributed by atoms with van der Waals surface area (Å²) >= 11 is 0. The molecule has 4 rings (SSSR count). The Bertz CT molecular complexity index is 1440. The number of carbonyl (C=O) groups is 2. The van der Waals surface area contributed by atoms with Crippen molar-refractivity contribution in [3.63, 3.8) is 0 Å². The number of ether oxygens (including phenoxy) is 4. The summed E-state index contributed by atoms with van der Waals surface area (Å²) < 4.78 is 22.5. The molecule has 0 bridgehead atoms. The molecule has 0 radical (unpaired) electrons. The third-order valence-electron chi connectivity index (χ3n) is 5.54. The van der Waals surface area contributed by atoms with Crippen LogP contribution in [-0.2, 0) is 4.79 Å². The van der Waals surface area contributed by atoms with E-state index >= 15 is 0 Å². The number of rotatable bonds is 12. The highest BCUT2D eigenvalue weighted by atomic mass is 16.6. The molecule has 0 aliphatic heterocycles. The van der Waals surface area contributed by atoms with Gasteiger partial charge in [0, 0.05) is 5.39 Å². The third-order valence-corrected chi connectivity index (χ3v) is 5.54. The molecule has 8 heteroatoms. The van der Waals surface area contributed by atoms with Gasteiger partial charge >= 0.3 is 5.97 Å². The van der Waals surface area contributed by atoms with Crippen LogP contribution in [0.2, 0.25) is 0 Å². The first-order valence-electron chi connectivity index (χ1n) is 12.7. The van der Waals surface area contributed by atoms with Crippen LogP contribution in [0.3, 0.4) is 0 Å². The van der Waals surface area contributed by atoms with Crippen LogP contribution in [0.4, 0.5) is 0 Å². The van der Waals surface area contributed by atoms with Crippen LogP contribution in [0.15, 0.2) is 90.0 Å². The molecule has 4 aromatic rings. The van der Waals surface area contributed by atoms with E-state index in [-0.39, 0.29) is 12.4 Å². The van der Waals surface area contributed by atoms with Crippen molar-refractivity contribution in [3.8, 4) is 23.0 Å². The minimum atomic E-state index is -0.516. The zero-order chi connectivity index (χ0) is 27.5. The topological polar surface area (TPSA) is 95.5 Å². The highest BCUT2D eigenvalue weighted by molar-refractivity contribution is 5.92. The molecule has 0 aliphatic carbocycles. The van der Waals surface area contributed by atoms with Crippen molar-refractivity contribution in [1.82, 2.24) is 5.43 Å². The van der Waals surface area contributed by atoms with Gasteiger partial charge in [-0.3, -0.25) is 4.79 Å². The number of benzene rings is 4. The van der Waals surface area contributed by atoms with Gasteiger partial charge in [0.25, 0.3) is 5.91 Å². The van der Waals surface area contributed by atoms with Crippen LogP contribution in [0.25, 0.3) is 10.8 Å². The van der Waals surface area contributed by atoms with Gasteiger partial charge in [-0.2, -0.15) is 5.10 Å². The Morgan fingerprint density at radius 1 is 0.821 bits per heavy atom. The Hall–Kier alpha value is -4.85. The quantitative estimate of drug-likeness (QED) is 0.109. The van der Waals surface area contributed by atoms with E-state index in [2.05, 4.69) is 10.5 Å². The predicted molar refractivity (Wildman–Crippen MR) is 150 cm³/mol. The molecule has 8 nitrogen and oxygen atoms in total. The second kappa shape index (κ2) is 13.6. The normalized spacial score (nSPS) is 10.8. The molecular formula is C31H30N2O6. The van der Waals surface area contributed by atoms with Crippen molar-refractivity contribution >= 4 is 28.9 Å². The van der Waals surface area contributed by atoms with Crippen molar-refractivity contribution in [2.75, 3.05) is 19.8 Å². The largest absolute Gasteiger partial charge is 0.494 e. The van der Waals surface area contributed by atoms with Gasteiger partial charge in [0.2, 0.25) is 0 Å². The molecule has 39 heavy (non-hydrogen) atoms. The summed E-state index contributed by atoms with van der Waals surface area (Å²) in [4.78, 5) is 24.9. The SMILES string of the molecule is CCCOc1ccc(C(=O)Oc2ccc(C=NNC(=O)COc3cccc4ccccc34)cc2OCC)cc1. The molecule has 0 fully saturated rings. The second-order valence-corrected chi connectivity index (χ2v) is 8.46. The fourth-order valence-corrected chi connectivity index (χ4v) is 3.70. The first-order valence-corrected chi connectivity index (χ1v) is 12.7. The fraction of sp³-hybridized carbons (Fsp3) is 0.194. The van der Waals surface area contributed by atoms with Crippen LogP contribution in [0, 0.1) is 0 Å². The lowest BCUT2D eigenvalue weighted by atomic mass is 10.1. The van der Waals surface area contributed by atoms with Gasteiger partial charge in [-0.1, -0.05) is 43.3 Å². The van der Waals surface area contributed by atoms with Crippen molar-refractivity contribution in [1.29, 1.82) is 0 Å². The average molecular weight is 527 g/mol. The molecule has 0 spiro atoms. The maximum absolute atomic E-state index is 12.7. The average Bonchev–Trinajstić information content (AvgIpc) is 2.96. The van der Waals surface area contributed by atoms with Gasteiger partial charge in [-0.15, -0.1) is 0 Å². The molecule has 0 atom stereocenters. The number of nitrogens with zero attached hydrogens (tertiary/aromatic N) is 1. The molecule has 200 valence electrons. The van der Waals surface area contributed by atoms with E-state index in [1.54, 1.807) is 42.5 Å². The first-order chi connectivity index (χ1) is 19.1. The van der Waals surface area contributed by atoms with Crippen LogP contribution in [0.1, 0.15) is 36.2 Å². The Balaban J connectivity index is 1.34. The van der Waals surface area contributed by atoms with Gasteiger partial charge in [0.15, 0.2) is 18.1 Å². The molecular weight excluding hydrogens is 496 g/mol. The maximum Gasteiger partial charge on any atom is 0.343 e. The maximum atomic E-state index is 12.7. The fourth-order valence-electron chi connectivity index (χ4n) is 3.70. The van der Waals surface area contributed by atoms with Gasteiger partial charge < -0.3 is 18.9 Å². The van der Waals surface area contributed by atoms with Crippen LogP contribution < -0.4 is 24.4 Å². The number of nitrogens with one attached hydrogen (secondary N) is 1. The van der Waals surface area contributed by atoms with E-state index < -0.39 is 11.9 Å². The third kappa shape index (κ3) is 7.58. The van der Waals surface area contributed by atoms with Crippen LogP contribution >= 0.6 is 0 Å². The number of carbonyl (C=O) groups excluding carboxylic acids is 2. The number of esters is 1. The first kappa shape index (κ1) is 27.2. The van der Waals surface area contributed by atoms with E-state index in [1.807, 2.05) is 56.3 Å². The summed E-state index contributed by atoms with van der Waals surface area (Å²) in [5.74, 6) is 1.05. The van der Waals surface area contributed by atoms with Crippen molar-refractivity contribution < 1.29 is 28.5 Å². The molecule has 0 unspecified atom stereocenters. The Kier molecular flexibility index (Phi) is 9.50. The van der Waals surface area contributed by atoms with E-state index in [4.69, 9.17) is 18.9 Å². The zero-order valence-corrected chi connectivity index (χ0v) is 21.9. The number of hydrazone groups is 1. The van der Waals surface area contributed by atoms with Crippen molar-refractivity contribution in [3.05, 3.63) is 96.1 Å². The Morgan fingerprint density at radius 3 is 2.41 bits per heavy atom. The number of hydrogen-bond acceptors (Lipinski definition) is 7. The molecule has 1 amide bonds. The summed E-state index contributed by atoms with van der Waals surface area (Å²) in [6.07, 6.45) is 2.37. The zero-order valence-electron chi connectivity index (χ0n) is 21.9. The molecule has 0 saturated heterocycles. The molecule has 4 aromatic carbocycles. The van der Waals surface area contributed by atoms with Crippen LogP contribution in [0.5, 0.6) is 23.0 Å². The van der Waals surface area contributed by atoms with Gasteiger partial charge in [-0.25, -0.2) is 10.2 Å². The van der Waals surface area contributed by atoms with E-state index in [1.165, 1.54) is 6.21 Å². The summed E-state index contributed by atoms with van der Waals surface area (Å²) in [5.41, 5.74) is 3.49. The number of fused-ring (bicyclic) bond motifs is 1. The highest BCUT2D eigenvalue weighted by Crippen LogP contribution is 2.29. The van der Waals surface area contributed by atoms with Crippen molar-refractivity contribution in [2.45, 2.75) is 20.3 Å². The number of hydrogen-bond donors (Lipinski definition) is 1. The standard InChI is InChI=1S/C31H30N2O6/c1-3-18-37-25-15-13-24(14-16-25)31(35)39-28-17-12-22(19-29(28)36-4-2)20-32-33-30(34)21-38-27-11-7-9-23-8-5-6-10-26(23)27/h5-17,19-20H,3-4,18,21H2,1-2H3,(H,33,34). The summed E-state index contributed by atoms with van der Waals surface area (Å²) in [5, 5.41) is 5.96. The lowest BCUT2D eigenvalue weighted by Crippen LogP contribution is -2.24. The smallest absolute Gasteiger partial charge is 0.343 e. The van der Waals surface area contributed by atoms with Crippen LogP contribution in [-0.4, -0.2) is 37.9 Å². The van der Waals surface area contributed by atoms with Gasteiger partial charge in [-0.05, 0) is 72.8 Å². The number of amides is 1. The lowest BCUT2D eigenvalue weighted by Gasteiger charge is -2.12. The van der Waals surface area contributed by atoms with Gasteiger partial charge in [0.1, 0.15) is 11.5 Å². The Morgan fingerprint density at radius 2 is 1.62 bits per heavy atom. The monoisotopic (exact) mass is 526 g/mol. The predicted octanol–water partition coefficient (Wildman–Crippen LogP) is 5.78.